The molecule has 7 heteroatoms. The summed E-state index contributed by atoms with van der Waals surface area (Å²) < 4.78 is 28.8. The van der Waals surface area contributed by atoms with Gasteiger partial charge in [0.2, 0.25) is 0 Å². The van der Waals surface area contributed by atoms with Crippen molar-refractivity contribution in [2.24, 2.45) is 0 Å². The molecule has 0 saturated carbocycles. The van der Waals surface area contributed by atoms with E-state index in [0.29, 0.717) is 23.8 Å². The van der Waals surface area contributed by atoms with Crippen LogP contribution in [-0.2, 0) is 16.4 Å². The smallest absolute Gasteiger partial charge is 0.151 e. The highest BCUT2D eigenvalue weighted by Crippen LogP contribution is 2.31. The molecule has 1 N–H and O–H groups in total. The van der Waals surface area contributed by atoms with Gasteiger partial charge in [-0.3, -0.25) is 9.80 Å². The van der Waals surface area contributed by atoms with Gasteiger partial charge in [-0.05, 0) is 35.4 Å². The second-order valence-electron chi connectivity index (χ2n) is 7.52. The van der Waals surface area contributed by atoms with E-state index in [1.165, 1.54) is 0 Å². The zero-order chi connectivity index (χ0) is 19.0. The van der Waals surface area contributed by atoms with E-state index in [-0.39, 0.29) is 6.04 Å². The molecule has 27 heavy (non-hydrogen) atoms. The SMILES string of the molecule is COc1ccc2ccc(O)c(CN3CCN(C4CCS(=O)(=O)C4)CC3)c2c1. The van der Waals surface area contributed by atoms with Crippen molar-refractivity contribution >= 4 is 20.6 Å². The minimum Gasteiger partial charge on any atom is -0.508 e. The number of sulfone groups is 1. The zero-order valence-corrected chi connectivity index (χ0v) is 16.4. The molecule has 0 bridgehead atoms. The number of rotatable bonds is 4. The minimum atomic E-state index is -2.84. The number of benzene rings is 2. The van der Waals surface area contributed by atoms with E-state index in [1.807, 2.05) is 24.3 Å². The molecule has 0 radical (unpaired) electrons. The quantitative estimate of drug-likeness (QED) is 0.859. The van der Waals surface area contributed by atoms with Gasteiger partial charge in [0.15, 0.2) is 9.84 Å². The van der Waals surface area contributed by atoms with E-state index in [1.54, 1.807) is 13.2 Å². The van der Waals surface area contributed by atoms with Crippen molar-refractivity contribution in [3.05, 3.63) is 35.9 Å². The van der Waals surface area contributed by atoms with Crippen molar-refractivity contribution < 1.29 is 18.3 Å². The van der Waals surface area contributed by atoms with Crippen LogP contribution in [0.3, 0.4) is 0 Å². The van der Waals surface area contributed by atoms with Gasteiger partial charge >= 0.3 is 0 Å². The lowest BCUT2D eigenvalue weighted by Gasteiger charge is -2.37. The molecule has 0 amide bonds. The average Bonchev–Trinajstić information content (AvgIpc) is 3.04. The summed E-state index contributed by atoms with van der Waals surface area (Å²) >= 11 is 0. The van der Waals surface area contributed by atoms with Crippen molar-refractivity contribution in [2.45, 2.75) is 19.0 Å². The molecule has 2 aliphatic rings. The minimum absolute atomic E-state index is 0.173. The highest BCUT2D eigenvalue weighted by atomic mass is 32.2. The summed E-state index contributed by atoms with van der Waals surface area (Å²) in [7, 11) is -1.20. The molecule has 4 rings (SSSR count). The standard InChI is InChI=1S/C20H26N2O4S/c1-26-17-4-2-15-3-5-20(23)19(18(15)12-17)13-21-7-9-22(10-8-21)16-6-11-27(24,25)14-16/h2-5,12,16,23H,6-11,13-14H2,1H3. The number of phenols is 1. The van der Waals surface area contributed by atoms with E-state index < -0.39 is 9.84 Å². The molecular weight excluding hydrogens is 364 g/mol. The van der Waals surface area contributed by atoms with E-state index in [4.69, 9.17) is 4.74 Å². The third kappa shape index (κ3) is 3.90. The highest BCUT2D eigenvalue weighted by molar-refractivity contribution is 7.91. The maximum absolute atomic E-state index is 11.7. The molecule has 1 atom stereocenters. The lowest BCUT2D eigenvalue weighted by molar-refractivity contribution is 0.0998. The Hall–Kier alpha value is -1.83. The number of fused-ring (bicyclic) bond motifs is 1. The van der Waals surface area contributed by atoms with Gasteiger partial charge in [0, 0.05) is 44.3 Å². The predicted molar refractivity (Wildman–Crippen MR) is 106 cm³/mol. The molecule has 0 spiro atoms. The van der Waals surface area contributed by atoms with Crippen LogP contribution in [0.15, 0.2) is 30.3 Å². The van der Waals surface area contributed by atoms with Crippen LogP contribution in [0, 0.1) is 0 Å². The third-order valence-electron chi connectivity index (χ3n) is 5.83. The topological polar surface area (TPSA) is 70.1 Å². The number of piperazine rings is 1. The van der Waals surface area contributed by atoms with Gasteiger partial charge in [0.25, 0.3) is 0 Å². The lowest BCUT2D eigenvalue weighted by atomic mass is 10.0. The van der Waals surface area contributed by atoms with Crippen LogP contribution >= 0.6 is 0 Å². The highest BCUT2D eigenvalue weighted by Gasteiger charge is 2.33. The number of ether oxygens (including phenoxy) is 1. The van der Waals surface area contributed by atoms with Crippen molar-refractivity contribution in [3.63, 3.8) is 0 Å². The number of hydrogen-bond acceptors (Lipinski definition) is 6. The fourth-order valence-corrected chi connectivity index (χ4v) is 5.98. The molecule has 6 nitrogen and oxygen atoms in total. The first-order valence-corrected chi connectivity index (χ1v) is 11.2. The summed E-state index contributed by atoms with van der Waals surface area (Å²) in [4.78, 5) is 4.64. The largest absolute Gasteiger partial charge is 0.508 e. The number of phenolic OH excluding ortho intramolecular Hbond substituents is 1. The molecule has 2 fully saturated rings. The molecule has 2 saturated heterocycles. The van der Waals surface area contributed by atoms with Gasteiger partial charge in [0.1, 0.15) is 11.5 Å². The zero-order valence-electron chi connectivity index (χ0n) is 15.6. The molecular formula is C20H26N2O4S. The molecule has 2 aromatic rings. The Morgan fingerprint density at radius 1 is 1.15 bits per heavy atom. The van der Waals surface area contributed by atoms with Crippen LogP contribution in [0.4, 0.5) is 0 Å². The van der Waals surface area contributed by atoms with Crippen LogP contribution in [0.2, 0.25) is 0 Å². The normalized spacial score (nSPS) is 23.7. The van der Waals surface area contributed by atoms with Gasteiger partial charge < -0.3 is 9.84 Å². The number of nitrogens with zero attached hydrogens (tertiary/aromatic N) is 2. The summed E-state index contributed by atoms with van der Waals surface area (Å²) in [5.41, 5.74) is 0.920. The lowest BCUT2D eigenvalue weighted by Crippen LogP contribution is -2.50. The molecule has 2 aliphatic heterocycles. The van der Waals surface area contributed by atoms with Crippen molar-refractivity contribution in [2.75, 3.05) is 44.8 Å². The van der Waals surface area contributed by atoms with Crippen LogP contribution in [-0.4, -0.2) is 74.2 Å². The molecule has 2 aromatic carbocycles. The van der Waals surface area contributed by atoms with Gasteiger partial charge in [-0.25, -0.2) is 8.42 Å². The van der Waals surface area contributed by atoms with Crippen LogP contribution in [0.5, 0.6) is 11.5 Å². The maximum Gasteiger partial charge on any atom is 0.151 e. The van der Waals surface area contributed by atoms with Gasteiger partial charge in [0.05, 0.1) is 18.6 Å². The molecule has 2 heterocycles. The summed E-state index contributed by atoms with van der Waals surface area (Å²) in [5.74, 6) is 1.71. The first-order valence-electron chi connectivity index (χ1n) is 9.40. The predicted octanol–water partition coefficient (Wildman–Crippen LogP) is 1.86. The second-order valence-corrected chi connectivity index (χ2v) is 9.75. The molecule has 0 aliphatic carbocycles. The molecule has 146 valence electrons. The Morgan fingerprint density at radius 3 is 2.56 bits per heavy atom. The first kappa shape index (κ1) is 18.5. The van der Waals surface area contributed by atoms with Crippen LogP contribution in [0.1, 0.15) is 12.0 Å². The maximum atomic E-state index is 11.7. The fourth-order valence-electron chi connectivity index (χ4n) is 4.22. The van der Waals surface area contributed by atoms with E-state index >= 15 is 0 Å². The van der Waals surface area contributed by atoms with Crippen molar-refractivity contribution in [1.29, 1.82) is 0 Å². The molecule has 0 aromatic heterocycles. The summed E-state index contributed by atoms with van der Waals surface area (Å²) in [6.07, 6.45) is 0.756. The Labute approximate surface area is 160 Å². The second kappa shape index (κ2) is 7.30. The fraction of sp³-hybridized carbons (Fsp3) is 0.500. The van der Waals surface area contributed by atoms with Crippen molar-refractivity contribution in [1.82, 2.24) is 9.80 Å². The summed E-state index contributed by atoms with van der Waals surface area (Å²) in [6.45, 7) is 4.16. The van der Waals surface area contributed by atoms with E-state index in [0.717, 1.165) is 54.7 Å². The Balaban J connectivity index is 1.47. The summed E-state index contributed by atoms with van der Waals surface area (Å²) in [5, 5.41) is 12.5. The van der Waals surface area contributed by atoms with Crippen LogP contribution < -0.4 is 4.74 Å². The monoisotopic (exact) mass is 390 g/mol. The number of hydrogen-bond donors (Lipinski definition) is 1. The average molecular weight is 391 g/mol. The number of methoxy groups -OCH3 is 1. The first-order chi connectivity index (χ1) is 12.9. The Morgan fingerprint density at radius 2 is 1.89 bits per heavy atom. The Bertz CT molecular complexity index is 936. The van der Waals surface area contributed by atoms with Gasteiger partial charge in [-0.2, -0.15) is 0 Å². The van der Waals surface area contributed by atoms with Gasteiger partial charge in [-0.1, -0.05) is 12.1 Å². The van der Waals surface area contributed by atoms with E-state index in [9.17, 15) is 13.5 Å². The van der Waals surface area contributed by atoms with E-state index in [2.05, 4.69) is 9.80 Å². The Kier molecular flexibility index (Phi) is 5.01. The number of aromatic hydroxyl groups is 1. The third-order valence-corrected chi connectivity index (χ3v) is 7.58. The van der Waals surface area contributed by atoms with Crippen LogP contribution in [0.25, 0.3) is 10.8 Å². The molecule has 1 unspecified atom stereocenters. The summed E-state index contributed by atoms with van der Waals surface area (Å²) in [6, 6.07) is 9.76. The van der Waals surface area contributed by atoms with Gasteiger partial charge in [-0.15, -0.1) is 0 Å². The van der Waals surface area contributed by atoms with Crippen molar-refractivity contribution in [3.8, 4) is 11.5 Å².